The number of nitrogens with one attached hydrogen (secondary N) is 1. The molecular weight excluding hydrogens is 471 g/mol. The van der Waals surface area contributed by atoms with Gasteiger partial charge in [-0.15, -0.1) is 0 Å². The third kappa shape index (κ3) is 8.17. The lowest BCUT2D eigenvalue weighted by molar-refractivity contribution is -0.139. The Labute approximate surface area is 212 Å². The standard InChI is InChI=1S/C27H36ClFN2O4/c1-18-14-31(15-20-5-8-22(28)9-6-20)19(2)11-24(18)30-16-27(3,33)17-35-25-13-23(29)10-7-21(25)12-26(32)34-4/h5-10,13,18-19,24,30,33H,11-12,14-17H2,1-4H3/t18-,19-,24?,27?/m0/s1. The lowest BCUT2D eigenvalue weighted by Gasteiger charge is -2.43. The molecule has 0 aromatic heterocycles. The van der Waals surface area contributed by atoms with Gasteiger partial charge in [0.05, 0.1) is 13.5 Å². The Kier molecular flexibility index (Phi) is 9.53. The molecular formula is C27H36ClFN2O4. The van der Waals surface area contributed by atoms with E-state index in [1.165, 1.54) is 30.9 Å². The van der Waals surface area contributed by atoms with E-state index in [1.807, 2.05) is 12.1 Å². The molecule has 1 aliphatic heterocycles. The maximum Gasteiger partial charge on any atom is 0.310 e. The molecule has 192 valence electrons. The number of hydrogen-bond donors (Lipinski definition) is 2. The van der Waals surface area contributed by atoms with Crippen molar-refractivity contribution in [1.29, 1.82) is 0 Å². The highest BCUT2D eigenvalue weighted by molar-refractivity contribution is 6.30. The van der Waals surface area contributed by atoms with E-state index < -0.39 is 17.4 Å². The van der Waals surface area contributed by atoms with E-state index in [9.17, 15) is 14.3 Å². The Morgan fingerprint density at radius 3 is 2.66 bits per heavy atom. The van der Waals surface area contributed by atoms with Crippen LogP contribution in [0.4, 0.5) is 4.39 Å². The number of ether oxygens (including phenoxy) is 2. The first-order valence-corrected chi connectivity index (χ1v) is 12.4. The van der Waals surface area contributed by atoms with Crippen molar-refractivity contribution in [2.45, 2.75) is 57.8 Å². The molecule has 3 rings (SSSR count). The van der Waals surface area contributed by atoms with Crippen LogP contribution in [0.15, 0.2) is 42.5 Å². The number of rotatable bonds is 10. The van der Waals surface area contributed by atoms with E-state index >= 15 is 0 Å². The van der Waals surface area contributed by atoms with Gasteiger partial charge in [-0.25, -0.2) is 4.39 Å². The van der Waals surface area contributed by atoms with Gasteiger partial charge in [-0.2, -0.15) is 0 Å². The average Bonchev–Trinajstić information content (AvgIpc) is 2.81. The van der Waals surface area contributed by atoms with Gasteiger partial charge in [0.2, 0.25) is 0 Å². The van der Waals surface area contributed by atoms with E-state index in [4.69, 9.17) is 21.1 Å². The van der Waals surface area contributed by atoms with Crippen LogP contribution in [-0.2, 0) is 22.5 Å². The quantitative estimate of drug-likeness (QED) is 0.470. The molecule has 0 bridgehead atoms. The molecule has 0 spiro atoms. The fraction of sp³-hybridized carbons (Fsp3) is 0.519. The fourth-order valence-corrected chi connectivity index (χ4v) is 4.55. The van der Waals surface area contributed by atoms with Crippen molar-refractivity contribution >= 4 is 17.6 Å². The van der Waals surface area contributed by atoms with Gasteiger partial charge in [-0.3, -0.25) is 9.69 Å². The minimum Gasteiger partial charge on any atom is -0.490 e. The zero-order valence-corrected chi connectivity index (χ0v) is 21.6. The summed E-state index contributed by atoms with van der Waals surface area (Å²) >= 11 is 6.01. The minimum absolute atomic E-state index is 0.0312. The summed E-state index contributed by atoms with van der Waals surface area (Å²) in [6.45, 7) is 8.23. The number of aliphatic hydroxyl groups is 1. The van der Waals surface area contributed by atoms with Gasteiger partial charge in [0.25, 0.3) is 0 Å². The lowest BCUT2D eigenvalue weighted by atomic mass is 9.88. The number of methoxy groups -OCH3 is 1. The summed E-state index contributed by atoms with van der Waals surface area (Å²) in [5.41, 5.74) is 0.569. The number of carbonyl (C=O) groups is 1. The van der Waals surface area contributed by atoms with Crippen molar-refractivity contribution in [2.24, 2.45) is 5.92 Å². The highest BCUT2D eigenvalue weighted by atomic mass is 35.5. The van der Waals surface area contributed by atoms with Crippen molar-refractivity contribution in [3.05, 3.63) is 64.4 Å². The first-order valence-electron chi connectivity index (χ1n) is 12.0. The number of benzene rings is 2. The number of halogens is 2. The summed E-state index contributed by atoms with van der Waals surface area (Å²) in [5, 5.41) is 15.2. The number of piperidine rings is 1. The number of esters is 1. The molecule has 1 fully saturated rings. The van der Waals surface area contributed by atoms with Gasteiger partial charge in [0, 0.05) is 48.4 Å². The number of hydrogen-bond acceptors (Lipinski definition) is 6. The van der Waals surface area contributed by atoms with Crippen LogP contribution in [0.2, 0.25) is 5.02 Å². The molecule has 8 heteroatoms. The topological polar surface area (TPSA) is 71.0 Å². The Balaban J connectivity index is 1.52. The zero-order valence-electron chi connectivity index (χ0n) is 20.9. The zero-order chi connectivity index (χ0) is 25.6. The smallest absolute Gasteiger partial charge is 0.310 e. The predicted molar refractivity (Wildman–Crippen MR) is 135 cm³/mol. The van der Waals surface area contributed by atoms with E-state index in [1.54, 1.807) is 6.92 Å². The van der Waals surface area contributed by atoms with Crippen LogP contribution in [0.25, 0.3) is 0 Å². The number of carbonyl (C=O) groups excluding carboxylic acids is 1. The Bertz CT molecular complexity index is 986. The van der Waals surface area contributed by atoms with Crippen molar-refractivity contribution in [2.75, 3.05) is 26.8 Å². The third-order valence-corrected chi connectivity index (χ3v) is 6.85. The molecule has 6 nitrogen and oxygen atoms in total. The summed E-state index contributed by atoms with van der Waals surface area (Å²) in [6, 6.07) is 12.6. The van der Waals surface area contributed by atoms with Gasteiger partial charge in [0.15, 0.2) is 0 Å². The second-order valence-corrected chi connectivity index (χ2v) is 10.3. The molecule has 1 heterocycles. The monoisotopic (exact) mass is 506 g/mol. The fourth-order valence-electron chi connectivity index (χ4n) is 4.43. The van der Waals surface area contributed by atoms with E-state index in [-0.39, 0.29) is 24.8 Å². The van der Waals surface area contributed by atoms with Crippen molar-refractivity contribution < 1.29 is 23.8 Å². The van der Waals surface area contributed by atoms with Crippen LogP contribution < -0.4 is 10.1 Å². The van der Waals surface area contributed by atoms with Crippen molar-refractivity contribution in [1.82, 2.24) is 10.2 Å². The van der Waals surface area contributed by atoms with Crippen LogP contribution >= 0.6 is 11.6 Å². The van der Waals surface area contributed by atoms with Crippen LogP contribution in [0.5, 0.6) is 5.75 Å². The van der Waals surface area contributed by atoms with Gasteiger partial charge >= 0.3 is 5.97 Å². The highest BCUT2D eigenvalue weighted by Gasteiger charge is 2.32. The molecule has 0 aliphatic carbocycles. The molecule has 0 radical (unpaired) electrons. The largest absolute Gasteiger partial charge is 0.490 e. The first kappa shape index (κ1) is 27.4. The summed E-state index contributed by atoms with van der Waals surface area (Å²) in [4.78, 5) is 14.1. The van der Waals surface area contributed by atoms with Crippen LogP contribution in [0.1, 0.15) is 38.3 Å². The SMILES string of the molecule is COC(=O)Cc1ccc(F)cc1OCC(C)(O)CNC1C[C@H](C)N(Cc2ccc(Cl)cc2)C[C@@H]1C. The summed E-state index contributed by atoms with van der Waals surface area (Å²) < 4.78 is 24.2. The van der Waals surface area contributed by atoms with Crippen LogP contribution in [0.3, 0.4) is 0 Å². The number of likely N-dealkylation sites (tertiary alicyclic amines) is 1. The van der Waals surface area contributed by atoms with Crippen molar-refractivity contribution in [3.8, 4) is 5.75 Å². The van der Waals surface area contributed by atoms with Gasteiger partial charge < -0.3 is 19.9 Å². The van der Waals surface area contributed by atoms with E-state index in [2.05, 4.69) is 36.2 Å². The molecule has 2 aromatic carbocycles. The van der Waals surface area contributed by atoms with Gasteiger partial charge in [-0.05, 0) is 49.9 Å². The van der Waals surface area contributed by atoms with E-state index in [0.717, 1.165) is 24.5 Å². The molecule has 1 saturated heterocycles. The van der Waals surface area contributed by atoms with Crippen molar-refractivity contribution in [3.63, 3.8) is 0 Å². The molecule has 2 N–H and O–H groups in total. The number of nitrogens with zero attached hydrogens (tertiary/aromatic N) is 1. The third-order valence-electron chi connectivity index (χ3n) is 6.60. The Hall–Kier alpha value is -2.19. The predicted octanol–water partition coefficient (Wildman–Crippen LogP) is 4.21. The average molecular weight is 507 g/mol. The lowest BCUT2D eigenvalue weighted by Crippen LogP contribution is -2.55. The van der Waals surface area contributed by atoms with Gasteiger partial charge in [-0.1, -0.05) is 36.7 Å². The maximum absolute atomic E-state index is 13.8. The Morgan fingerprint density at radius 2 is 1.97 bits per heavy atom. The summed E-state index contributed by atoms with van der Waals surface area (Å²) in [5.74, 6) is -0.293. The van der Waals surface area contributed by atoms with Gasteiger partial charge in [0.1, 0.15) is 23.8 Å². The van der Waals surface area contributed by atoms with Crippen LogP contribution in [0, 0.1) is 11.7 Å². The molecule has 1 aliphatic rings. The molecule has 0 saturated carbocycles. The summed E-state index contributed by atoms with van der Waals surface area (Å²) in [6.07, 6.45) is 0.926. The molecule has 2 aromatic rings. The van der Waals surface area contributed by atoms with Crippen LogP contribution in [-0.4, -0.2) is 60.5 Å². The highest BCUT2D eigenvalue weighted by Crippen LogP contribution is 2.26. The normalized spacial score (nSPS) is 22.4. The minimum atomic E-state index is -1.18. The molecule has 0 amide bonds. The Morgan fingerprint density at radius 1 is 1.26 bits per heavy atom. The second-order valence-electron chi connectivity index (χ2n) is 9.90. The van der Waals surface area contributed by atoms with E-state index in [0.29, 0.717) is 24.1 Å². The molecule has 4 atom stereocenters. The maximum atomic E-state index is 13.8. The summed E-state index contributed by atoms with van der Waals surface area (Å²) in [7, 11) is 1.30. The first-order chi connectivity index (χ1) is 16.6. The second kappa shape index (κ2) is 12.2. The molecule has 2 unspecified atom stereocenters. The molecule has 35 heavy (non-hydrogen) atoms.